The molecule has 1 heterocycles. The second-order valence-electron chi connectivity index (χ2n) is 7.46. The Kier molecular flexibility index (Phi) is 5.50. The van der Waals surface area contributed by atoms with Gasteiger partial charge in [-0.2, -0.15) is 4.58 Å². The molecule has 4 nitrogen and oxygen atoms in total. The lowest BCUT2D eigenvalue weighted by Crippen LogP contribution is -3.19. The molecule has 2 aliphatic rings. The molecule has 0 bridgehead atoms. The zero-order valence-electron chi connectivity index (χ0n) is 15.5. The van der Waals surface area contributed by atoms with Crippen molar-refractivity contribution in [2.24, 2.45) is 0 Å². The maximum absolute atomic E-state index is 3.68. The van der Waals surface area contributed by atoms with Gasteiger partial charge in [0.05, 0.1) is 11.7 Å². The first-order valence-electron chi connectivity index (χ1n) is 10.0. The first kappa shape index (κ1) is 17.1. The minimum atomic E-state index is 0.773. The molecule has 0 spiro atoms. The van der Waals surface area contributed by atoms with Crippen LogP contribution in [0.5, 0.6) is 0 Å². The molecule has 2 aromatic carbocycles. The van der Waals surface area contributed by atoms with Gasteiger partial charge in [0.15, 0.2) is 6.67 Å². The largest absolute Gasteiger partial charge is 0.364 e. The Bertz CT molecular complexity index is 718. The van der Waals surface area contributed by atoms with Crippen molar-refractivity contribution in [3.05, 3.63) is 60.7 Å². The smallest absolute Gasteiger partial charge is 0.274 e. The number of hydrogen-bond donors (Lipinski definition) is 3. The average molecular weight is 351 g/mol. The zero-order valence-corrected chi connectivity index (χ0v) is 15.5. The molecule has 1 atom stereocenters. The normalized spacial score (nSPS) is 21.8. The van der Waals surface area contributed by atoms with E-state index in [0.717, 1.165) is 31.0 Å². The van der Waals surface area contributed by atoms with Crippen LogP contribution in [0.1, 0.15) is 38.5 Å². The summed E-state index contributed by atoms with van der Waals surface area (Å²) in [5.74, 6) is 1.08. The van der Waals surface area contributed by atoms with Crippen molar-refractivity contribution in [3.63, 3.8) is 0 Å². The number of quaternary nitrogens is 1. The number of anilines is 1. The number of guanidine groups is 1. The van der Waals surface area contributed by atoms with Gasteiger partial charge in [-0.15, -0.1) is 0 Å². The van der Waals surface area contributed by atoms with Gasteiger partial charge in [0, 0.05) is 0 Å². The lowest BCUT2D eigenvalue weighted by Gasteiger charge is -2.31. The highest BCUT2D eigenvalue weighted by molar-refractivity contribution is 5.90. The number of para-hydroxylation sites is 2. The topological polar surface area (TPSA) is 31.5 Å². The average Bonchev–Trinajstić information content (AvgIpc) is 2.99. The maximum atomic E-state index is 3.68. The fraction of sp³-hybridized carbons (Fsp3) is 0.409. The van der Waals surface area contributed by atoms with Gasteiger partial charge in [-0.05, 0) is 49.9 Å². The summed E-state index contributed by atoms with van der Waals surface area (Å²) in [6.45, 7) is 2.00. The molecule has 1 unspecified atom stereocenters. The van der Waals surface area contributed by atoms with Gasteiger partial charge in [-0.1, -0.05) is 49.2 Å². The van der Waals surface area contributed by atoms with Crippen LogP contribution in [-0.2, 0) is 0 Å². The van der Waals surface area contributed by atoms with E-state index in [9.17, 15) is 0 Å². The first-order chi connectivity index (χ1) is 12.9. The fourth-order valence-corrected chi connectivity index (χ4v) is 4.19. The van der Waals surface area contributed by atoms with Crippen molar-refractivity contribution in [1.29, 1.82) is 0 Å². The van der Waals surface area contributed by atoms with Crippen molar-refractivity contribution in [3.8, 4) is 0 Å². The Morgan fingerprint density at radius 1 is 0.846 bits per heavy atom. The van der Waals surface area contributed by atoms with Gasteiger partial charge in [0.25, 0.3) is 0 Å². The first-order valence-corrected chi connectivity index (χ1v) is 10.0. The molecule has 0 radical (unpaired) electrons. The van der Waals surface area contributed by atoms with Gasteiger partial charge >= 0.3 is 5.96 Å². The van der Waals surface area contributed by atoms with Gasteiger partial charge in [-0.3, -0.25) is 4.90 Å². The van der Waals surface area contributed by atoms with Crippen LogP contribution in [0, 0.1) is 0 Å². The molecule has 136 valence electrons. The highest BCUT2D eigenvalue weighted by Gasteiger charge is 2.32. The Hall–Kier alpha value is -2.33. The van der Waals surface area contributed by atoms with Crippen LogP contribution in [0.2, 0.25) is 0 Å². The van der Waals surface area contributed by atoms with Crippen LogP contribution in [0.4, 0.5) is 11.4 Å². The summed E-state index contributed by atoms with van der Waals surface area (Å²) in [6, 6.07) is 21.9. The summed E-state index contributed by atoms with van der Waals surface area (Å²) in [6.07, 6.45) is 8.32. The van der Waals surface area contributed by atoms with Crippen LogP contribution < -0.4 is 15.5 Å². The summed E-state index contributed by atoms with van der Waals surface area (Å²) in [4.78, 5) is 1.66. The van der Waals surface area contributed by atoms with E-state index in [1.165, 1.54) is 44.2 Å². The monoisotopic (exact) mass is 350 g/mol. The summed E-state index contributed by atoms with van der Waals surface area (Å²) in [5, 5.41) is 7.26. The molecule has 0 saturated heterocycles. The molecular formula is C22H30N4+2. The SMILES string of the molecule is c1ccc(NC2=[N+](c3ccccc3)C[NH+](C3CCCCCC3)CN2)cc1. The van der Waals surface area contributed by atoms with Crippen LogP contribution in [-0.4, -0.2) is 29.9 Å². The van der Waals surface area contributed by atoms with E-state index in [2.05, 4.69) is 75.9 Å². The molecule has 3 N–H and O–H groups in total. The van der Waals surface area contributed by atoms with Crippen LogP contribution >= 0.6 is 0 Å². The summed E-state index contributed by atoms with van der Waals surface area (Å²) in [5.41, 5.74) is 2.36. The Morgan fingerprint density at radius 2 is 1.50 bits per heavy atom. The molecule has 26 heavy (non-hydrogen) atoms. The van der Waals surface area contributed by atoms with Crippen LogP contribution in [0.3, 0.4) is 0 Å². The van der Waals surface area contributed by atoms with Crippen molar-refractivity contribution in [2.75, 3.05) is 18.7 Å². The molecule has 4 rings (SSSR count). The van der Waals surface area contributed by atoms with Gasteiger partial charge < -0.3 is 0 Å². The molecule has 1 fully saturated rings. The Labute approximate surface area is 156 Å². The van der Waals surface area contributed by atoms with E-state index >= 15 is 0 Å². The van der Waals surface area contributed by atoms with Crippen LogP contribution in [0.25, 0.3) is 0 Å². The number of rotatable bonds is 3. The fourth-order valence-electron chi connectivity index (χ4n) is 4.19. The third kappa shape index (κ3) is 4.07. The second-order valence-corrected chi connectivity index (χ2v) is 7.46. The minimum Gasteiger partial charge on any atom is -0.274 e. The van der Waals surface area contributed by atoms with E-state index in [4.69, 9.17) is 0 Å². The quantitative estimate of drug-likeness (QED) is 0.587. The molecule has 2 aromatic rings. The molecular weight excluding hydrogens is 320 g/mol. The summed E-state index contributed by atoms with van der Waals surface area (Å²) in [7, 11) is 0. The van der Waals surface area contributed by atoms with Crippen LogP contribution in [0.15, 0.2) is 60.7 Å². The zero-order chi connectivity index (χ0) is 17.6. The molecule has 0 amide bonds. The summed E-state index contributed by atoms with van der Waals surface area (Å²) < 4.78 is 2.40. The van der Waals surface area contributed by atoms with Gasteiger partial charge in [0.2, 0.25) is 6.67 Å². The second kappa shape index (κ2) is 8.37. The van der Waals surface area contributed by atoms with E-state index < -0.39 is 0 Å². The standard InChI is InChI=1S/C22H28N4/c1-2-8-14-20(13-7-1)25-17-23-22(24-19-11-5-3-6-12-19)26(18-25)21-15-9-4-10-16-21/h3-6,9-12,15-16,20H,1-2,7-8,13-14,17-18H2,(H,23,24)/p+2. The molecule has 1 aliphatic heterocycles. The lowest BCUT2D eigenvalue weighted by atomic mass is 10.1. The molecule has 4 heteroatoms. The van der Waals surface area contributed by atoms with E-state index in [-0.39, 0.29) is 0 Å². The molecule has 0 aromatic heterocycles. The van der Waals surface area contributed by atoms with Crippen molar-refractivity contribution < 1.29 is 9.48 Å². The third-order valence-corrected chi connectivity index (χ3v) is 5.65. The maximum Gasteiger partial charge on any atom is 0.364 e. The van der Waals surface area contributed by atoms with Gasteiger partial charge in [-0.25, -0.2) is 10.6 Å². The Morgan fingerprint density at radius 3 is 2.19 bits per heavy atom. The predicted molar refractivity (Wildman–Crippen MR) is 107 cm³/mol. The highest BCUT2D eigenvalue weighted by Crippen LogP contribution is 2.17. The summed E-state index contributed by atoms with van der Waals surface area (Å²) >= 11 is 0. The highest BCUT2D eigenvalue weighted by atomic mass is 15.4. The lowest BCUT2D eigenvalue weighted by molar-refractivity contribution is -0.995. The number of hydrogen-bond acceptors (Lipinski definition) is 2. The van der Waals surface area contributed by atoms with E-state index in [1.807, 2.05) is 0 Å². The molecule has 1 aliphatic carbocycles. The molecule has 1 saturated carbocycles. The number of benzene rings is 2. The number of nitrogens with zero attached hydrogens (tertiary/aromatic N) is 1. The minimum absolute atomic E-state index is 0.773. The predicted octanol–water partition coefficient (Wildman–Crippen LogP) is 2.92. The van der Waals surface area contributed by atoms with E-state index in [1.54, 1.807) is 4.90 Å². The van der Waals surface area contributed by atoms with E-state index in [0.29, 0.717) is 0 Å². The Balaban J connectivity index is 1.60. The van der Waals surface area contributed by atoms with Crippen molar-refractivity contribution in [2.45, 2.75) is 44.6 Å². The third-order valence-electron chi connectivity index (χ3n) is 5.65. The van der Waals surface area contributed by atoms with Crippen molar-refractivity contribution in [1.82, 2.24) is 5.32 Å². The van der Waals surface area contributed by atoms with Crippen molar-refractivity contribution >= 4 is 17.3 Å². The van der Waals surface area contributed by atoms with Gasteiger partial charge in [0.1, 0.15) is 5.69 Å². The number of nitrogens with one attached hydrogen (secondary N) is 3.